The standard InChI is InChI=1S/C22H26FN5O3/c1-14-3-4-16(9-17(14)23)21(30)27-8-2-7-22(12-27)13-28-19(11-31-22)18(25-26-28)10-24-20(29)15-5-6-15/h3-4,9,15H,2,5-8,10-13H2,1H3,(H,24,29). The van der Waals surface area contributed by atoms with Crippen molar-refractivity contribution < 1.29 is 18.7 Å². The Balaban J connectivity index is 1.27. The van der Waals surface area contributed by atoms with Gasteiger partial charge in [0.1, 0.15) is 17.1 Å². The van der Waals surface area contributed by atoms with E-state index in [1.807, 2.05) is 4.68 Å². The van der Waals surface area contributed by atoms with Gasteiger partial charge in [0, 0.05) is 18.0 Å². The number of hydrogen-bond acceptors (Lipinski definition) is 5. The van der Waals surface area contributed by atoms with E-state index in [2.05, 4.69) is 15.6 Å². The molecular formula is C22H26FN5O3. The highest BCUT2D eigenvalue weighted by molar-refractivity contribution is 5.94. The molecule has 5 rings (SSSR count). The first-order valence-electron chi connectivity index (χ1n) is 10.8. The van der Waals surface area contributed by atoms with Crippen LogP contribution >= 0.6 is 0 Å². The molecule has 1 N–H and O–H groups in total. The van der Waals surface area contributed by atoms with Crippen molar-refractivity contribution in [2.24, 2.45) is 5.92 Å². The Kier molecular flexibility index (Phi) is 5.00. The molecule has 2 aromatic rings. The number of ether oxygens (including phenoxy) is 1. The van der Waals surface area contributed by atoms with E-state index in [9.17, 15) is 14.0 Å². The zero-order valence-electron chi connectivity index (χ0n) is 17.6. The number of rotatable bonds is 4. The van der Waals surface area contributed by atoms with E-state index in [1.54, 1.807) is 24.0 Å². The Labute approximate surface area is 179 Å². The number of fused-ring (bicyclic) bond motifs is 1. The molecule has 31 heavy (non-hydrogen) atoms. The maximum atomic E-state index is 13.9. The lowest BCUT2D eigenvalue weighted by molar-refractivity contribution is -0.123. The molecule has 1 spiro atoms. The second kappa shape index (κ2) is 7.71. The summed E-state index contributed by atoms with van der Waals surface area (Å²) in [5, 5.41) is 11.4. The van der Waals surface area contributed by atoms with E-state index >= 15 is 0 Å². The summed E-state index contributed by atoms with van der Waals surface area (Å²) in [4.78, 5) is 26.6. The molecule has 1 saturated heterocycles. The number of carbonyl (C=O) groups is 2. The quantitative estimate of drug-likeness (QED) is 0.806. The number of piperidine rings is 1. The highest BCUT2D eigenvalue weighted by Crippen LogP contribution is 2.33. The number of aromatic nitrogens is 3. The summed E-state index contributed by atoms with van der Waals surface area (Å²) in [6, 6.07) is 4.60. The van der Waals surface area contributed by atoms with Crippen molar-refractivity contribution in [2.45, 2.75) is 57.9 Å². The average molecular weight is 427 g/mol. The largest absolute Gasteiger partial charge is 0.365 e. The Morgan fingerprint density at radius 2 is 2.16 bits per heavy atom. The number of likely N-dealkylation sites (tertiary alicyclic amines) is 1. The number of carbonyl (C=O) groups excluding carboxylic acids is 2. The fourth-order valence-electron chi connectivity index (χ4n) is 4.42. The number of benzene rings is 1. The molecule has 3 heterocycles. The molecule has 0 radical (unpaired) electrons. The predicted molar refractivity (Wildman–Crippen MR) is 108 cm³/mol. The van der Waals surface area contributed by atoms with Crippen molar-refractivity contribution in [3.8, 4) is 0 Å². The number of nitrogens with zero attached hydrogens (tertiary/aromatic N) is 4. The fraction of sp³-hybridized carbons (Fsp3) is 0.545. The minimum Gasteiger partial charge on any atom is -0.365 e. The van der Waals surface area contributed by atoms with Gasteiger partial charge in [0.05, 0.1) is 31.9 Å². The third-order valence-electron chi connectivity index (χ3n) is 6.49. The van der Waals surface area contributed by atoms with Gasteiger partial charge in [-0.15, -0.1) is 5.10 Å². The van der Waals surface area contributed by atoms with Crippen LogP contribution in [-0.4, -0.2) is 50.4 Å². The molecule has 2 aliphatic heterocycles. The van der Waals surface area contributed by atoms with Crippen molar-refractivity contribution in [1.29, 1.82) is 0 Å². The zero-order valence-corrected chi connectivity index (χ0v) is 17.6. The van der Waals surface area contributed by atoms with Crippen molar-refractivity contribution in [1.82, 2.24) is 25.2 Å². The Morgan fingerprint density at radius 1 is 1.32 bits per heavy atom. The number of hydrogen-bond donors (Lipinski definition) is 1. The lowest BCUT2D eigenvalue weighted by Gasteiger charge is -2.44. The van der Waals surface area contributed by atoms with Crippen molar-refractivity contribution in [3.05, 3.63) is 46.5 Å². The molecule has 164 valence electrons. The van der Waals surface area contributed by atoms with Gasteiger partial charge in [-0.2, -0.15) is 0 Å². The van der Waals surface area contributed by atoms with Gasteiger partial charge in [-0.1, -0.05) is 11.3 Å². The SMILES string of the molecule is Cc1ccc(C(=O)N2CCCC3(C2)Cn2nnc(CNC(=O)C4CC4)c2CO3)cc1F. The van der Waals surface area contributed by atoms with Crippen LogP contribution in [0.1, 0.15) is 53.0 Å². The molecule has 1 aliphatic carbocycles. The van der Waals surface area contributed by atoms with Gasteiger partial charge in [0.15, 0.2) is 0 Å². The third-order valence-corrected chi connectivity index (χ3v) is 6.49. The number of amides is 2. The molecule has 1 unspecified atom stereocenters. The fourth-order valence-corrected chi connectivity index (χ4v) is 4.42. The first kappa shape index (κ1) is 20.1. The lowest BCUT2D eigenvalue weighted by atomic mass is 9.90. The average Bonchev–Trinajstić information content (AvgIpc) is 3.55. The summed E-state index contributed by atoms with van der Waals surface area (Å²) >= 11 is 0. The lowest BCUT2D eigenvalue weighted by Crippen LogP contribution is -2.55. The highest BCUT2D eigenvalue weighted by atomic mass is 19.1. The van der Waals surface area contributed by atoms with Gasteiger partial charge in [-0.05, 0) is 50.3 Å². The number of aryl methyl sites for hydroxylation is 1. The third kappa shape index (κ3) is 3.94. The molecule has 8 nitrogen and oxygen atoms in total. The first-order chi connectivity index (χ1) is 14.9. The number of nitrogens with one attached hydrogen (secondary N) is 1. The molecular weight excluding hydrogens is 401 g/mol. The summed E-state index contributed by atoms with van der Waals surface area (Å²) < 4.78 is 22.1. The molecule has 2 amide bonds. The molecule has 1 aromatic carbocycles. The van der Waals surface area contributed by atoms with Crippen LogP contribution in [0.25, 0.3) is 0 Å². The van der Waals surface area contributed by atoms with Gasteiger partial charge in [-0.3, -0.25) is 9.59 Å². The molecule has 1 aromatic heterocycles. The summed E-state index contributed by atoms with van der Waals surface area (Å²) in [5.41, 5.74) is 1.93. The molecule has 1 saturated carbocycles. The molecule has 3 aliphatic rings. The van der Waals surface area contributed by atoms with E-state index in [-0.39, 0.29) is 23.5 Å². The summed E-state index contributed by atoms with van der Waals surface area (Å²) in [6.45, 7) is 3.90. The Morgan fingerprint density at radius 3 is 2.94 bits per heavy atom. The van der Waals surface area contributed by atoms with E-state index in [0.717, 1.165) is 37.1 Å². The first-order valence-corrected chi connectivity index (χ1v) is 10.8. The predicted octanol–water partition coefficient (Wildman–Crippen LogP) is 1.96. The minimum atomic E-state index is -0.535. The maximum absolute atomic E-state index is 13.9. The van der Waals surface area contributed by atoms with Gasteiger partial charge in [0.25, 0.3) is 5.91 Å². The van der Waals surface area contributed by atoms with Gasteiger partial charge >= 0.3 is 0 Å². The van der Waals surface area contributed by atoms with E-state index in [4.69, 9.17) is 4.74 Å². The van der Waals surface area contributed by atoms with Gasteiger partial charge < -0.3 is 15.0 Å². The van der Waals surface area contributed by atoms with Crippen molar-refractivity contribution >= 4 is 11.8 Å². The molecule has 2 fully saturated rings. The summed E-state index contributed by atoms with van der Waals surface area (Å²) in [5.74, 6) is -0.336. The normalized spacial score (nSPS) is 23.0. The van der Waals surface area contributed by atoms with E-state index in [0.29, 0.717) is 43.9 Å². The van der Waals surface area contributed by atoms with Crippen LogP contribution in [0.5, 0.6) is 0 Å². The topological polar surface area (TPSA) is 89.4 Å². The van der Waals surface area contributed by atoms with Crippen LogP contribution < -0.4 is 5.32 Å². The Bertz CT molecular complexity index is 1030. The Hall–Kier alpha value is -2.81. The highest BCUT2D eigenvalue weighted by Gasteiger charge is 2.42. The van der Waals surface area contributed by atoms with Gasteiger partial charge in [-0.25, -0.2) is 9.07 Å². The van der Waals surface area contributed by atoms with Crippen LogP contribution in [0.3, 0.4) is 0 Å². The van der Waals surface area contributed by atoms with Crippen LogP contribution in [0.15, 0.2) is 18.2 Å². The van der Waals surface area contributed by atoms with Crippen molar-refractivity contribution in [3.63, 3.8) is 0 Å². The van der Waals surface area contributed by atoms with E-state index < -0.39 is 5.60 Å². The molecule has 1 atom stereocenters. The minimum absolute atomic E-state index is 0.0731. The summed E-state index contributed by atoms with van der Waals surface area (Å²) in [7, 11) is 0. The second-order valence-corrected chi connectivity index (χ2v) is 8.90. The van der Waals surface area contributed by atoms with E-state index in [1.165, 1.54) is 6.07 Å². The van der Waals surface area contributed by atoms with Gasteiger partial charge in [0.2, 0.25) is 5.91 Å². The monoisotopic (exact) mass is 427 g/mol. The smallest absolute Gasteiger partial charge is 0.254 e. The zero-order chi connectivity index (χ0) is 21.6. The van der Waals surface area contributed by atoms with Crippen LogP contribution in [0.4, 0.5) is 4.39 Å². The van der Waals surface area contributed by atoms with Crippen molar-refractivity contribution in [2.75, 3.05) is 13.1 Å². The second-order valence-electron chi connectivity index (χ2n) is 8.90. The molecule has 9 heteroatoms. The molecule has 0 bridgehead atoms. The van der Waals surface area contributed by atoms with Crippen LogP contribution in [0, 0.1) is 18.7 Å². The maximum Gasteiger partial charge on any atom is 0.254 e. The summed E-state index contributed by atoms with van der Waals surface area (Å²) in [6.07, 6.45) is 3.53. The van der Waals surface area contributed by atoms with Crippen LogP contribution in [-0.2, 0) is 29.2 Å². The number of halogens is 1. The van der Waals surface area contributed by atoms with Crippen LogP contribution in [0.2, 0.25) is 0 Å².